The minimum Gasteiger partial charge on any atom is -0.324 e. The van der Waals surface area contributed by atoms with Crippen molar-refractivity contribution in [3.05, 3.63) is 29.1 Å². The van der Waals surface area contributed by atoms with Gasteiger partial charge < -0.3 is 5.73 Å². The molecule has 2 N–H and O–H groups in total. The summed E-state index contributed by atoms with van der Waals surface area (Å²) in [4.78, 5) is 4.37. The Balaban J connectivity index is 2.58. The van der Waals surface area contributed by atoms with E-state index in [0.717, 1.165) is 17.0 Å². The van der Waals surface area contributed by atoms with Gasteiger partial charge in [0.15, 0.2) is 0 Å². The zero-order valence-electron chi connectivity index (χ0n) is 11.3. The number of nitrogens with two attached hydrogens (primary N) is 1. The van der Waals surface area contributed by atoms with Gasteiger partial charge in [-0.3, -0.25) is 4.98 Å². The zero-order chi connectivity index (χ0) is 13.8. The summed E-state index contributed by atoms with van der Waals surface area (Å²) in [5.41, 5.74) is 8.99. The summed E-state index contributed by atoms with van der Waals surface area (Å²) in [6, 6.07) is 3.78. The predicted octanol–water partition coefficient (Wildman–Crippen LogP) is 1.91. The summed E-state index contributed by atoms with van der Waals surface area (Å²) >= 11 is 0. The van der Waals surface area contributed by atoms with Crippen molar-refractivity contribution in [1.29, 1.82) is 0 Å². The van der Waals surface area contributed by atoms with Gasteiger partial charge in [0.2, 0.25) is 0 Å². The first kappa shape index (κ1) is 15.1. The van der Waals surface area contributed by atoms with Crippen molar-refractivity contribution in [2.75, 3.05) is 11.5 Å². The molecule has 0 aliphatic heterocycles. The second kappa shape index (κ2) is 6.29. The van der Waals surface area contributed by atoms with Gasteiger partial charge in [0.1, 0.15) is 9.84 Å². The Morgan fingerprint density at radius 3 is 2.56 bits per heavy atom. The van der Waals surface area contributed by atoms with E-state index in [1.165, 1.54) is 0 Å². The van der Waals surface area contributed by atoms with Crippen molar-refractivity contribution in [2.45, 2.75) is 39.7 Å². The molecule has 0 saturated carbocycles. The van der Waals surface area contributed by atoms with Crippen LogP contribution in [0, 0.1) is 13.8 Å². The lowest BCUT2D eigenvalue weighted by Gasteiger charge is -2.14. The largest absolute Gasteiger partial charge is 0.324 e. The first-order chi connectivity index (χ1) is 8.35. The Bertz CT molecular complexity index is 498. The summed E-state index contributed by atoms with van der Waals surface area (Å²) in [6.07, 6.45) is 1.27. The van der Waals surface area contributed by atoms with Crippen LogP contribution in [0.25, 0.3) is 0 Å². The van der Waals surface area contributed by atoms with Crippen molar-refractivity contribution >= 4 is 9.84 Å². The van der Waals surface area contributed by atoms with Gasteiger partial charge in [-0.15, -0.1) is 0 Å². The minimum atomic E-state index is -2.89. The van der Waals surface area contributed by atoms with Gasteiger partial charge in [-0.2, -0.15) is 0 Å². The molecule has 5 heteroatoms. The van der Waals surface area contributed by atoms with Crippen molar-refractivity contribution in [3.8, 4) is 0 Å². The Morgan fingerprint density at radius 1 is 1.33 bits per heavy atom. The maximum atomic E-state index is 11.4. The van der Waals surface area contributed by atoms with E-state index in [9.17, 15) is 8.42 Å². The highest BCUT2D eigenvalue weighted by Gasteiger charge is 2.12. The van der Waals surface area contributed by atoms with Crippen LogP contribution in [-0.4, -0.2) is 24.9 Å². The zero-order valence-corrected chi connectivity index (χ0v) is 12.1. The number of pyridine rings is 1. The van der Waals surface area contributed by atoms with E-state index in [1.54, 1.807) is 6.92 Å². The molecule has 1 unspecified atom stereocenters. The number of hydrogen-bond donors (Lipinski definition) is 1. The maximum absolute atomic E-state index is 11.4. The van der Waals surface area contributed by atoms with E-state index < -0.39 is 9.84 Å². The molecule has 0 saturated heterocycles. The lowest BCUT2D eigenvalue weighted by atomic mass is 10.0. The average molecular weight is 270 g/mol. The normalized spacial score (nSPS) is 13.6. The van der Waals surface area contributed by atoms with Gasteiger partial charge in [0.05, 0.1) is 5.75 Å². The van der Waals surface area contributed by atoms with Gasteiger partial charge in [-0.1, -0.05) is 13.0 Å². The van der Waals surface area contributed by atoms with E-state index in [-0.39, 0.29) is 17.5 Å². The molecule has 1 aromatic rings. The highest BCUT2D eigenvalue weighted by atomic mass is 32.2. The van der Waals surface area contributed by atoms with Gasteiger partial charge in [0, 0.05) is 23.2 Å². The van der Waals surface area contributed by atoms with Crippen LogP contribution in [0.2, 0.25) is 0 Å². The first-order valence-electron chi connectivity index (χ1n) is 6.26. The van der Waals surface area contributed by atoms with Crippen LogP contribution < -0.4 is 5.73 Å². The van der Waals surface area contributed by atoms with Gasteiger partial charge in [-0.05, 0) is 38.3 Å². The van der Waals surface area contributed by atoms with E-state index in [4.69, 9.17) is 5.73 Å². The SMILES string of the molecule is CCS(=O)(=O)CCCC(N)c1ccc(C)nc1C. The van der Waals surface area contributed by atoms with Crippen molar-refractivity contribution in [3.63, 3.8) is 0 Å². The van der Waals surface area contributed by atoms with Gasteiger partial charge in [-0.25, -0.2) is 8.42 Å². The second-order valence-corrected chi connectivity index (χ2v) is 7.09. The molecule has 102 valence electrons. The molecule has 0 radical (unpaired) electrons. The first-order valence-corrected chi connectivity index (χ1v) is 8.08. The number of sulfone groups is 1. The molecule has 1 rings (SSSR count). The highest BCUT2D eigenvalue weighted by molar-refractivity contribution is 7.91. The maximum Gasteiger partial charge on any atom is 0.150 e. The van der Waals surface area contributed by atoms with Crippen molar-refractivity contribution in [1.82, 2.24) is 4.98 Å². The lowest BCUT2D eigenvalue weighted by Crippen LogP contribution is -2.15. The molecule has 0 aromatic carbocycles. The molecule has 0 fully saturated rings. The Hall–Kier alpha value is -0.940. The standard InChI is InChI=1S/C13H22N2O2S/c1-4-18(16,17)9-5-6-13(14)12-8-7-10(2)15-11(12)3/h7-8,13H,4-6,9,14H2,1-3H3. The quantitative estimate of drug-likeness (QED) is 0.857. The van der Waals surface area contributed by atoms with E-state index >= 15 is 0 Å². The fourth-order valence-electron chi connectivity index (χ4n) is 1.91. The predicted molar refractivity (Wildman–Crippen MR) is 74.2 cm³/mol. The van der Waals surface area contributed by atoms with E-state index in [0.29, 0.717) is 12.8 Å². The Kier molecular flexibility index (Phi) is 5.28. The molecule has 0 bridgehead atoms. The summed E-state index contributed by atoms with van der Waals surface area (Å²) in [7, 11) is -2.89. The van der Waals surface area contributed by atoms with Gasteiger partial charge in [0.25, 0.3) is 0 Å². The number of rotatable bonds is 6. The highest BCUT2D eigenvalue weighted by Crippen LogP contribution is 2.19. The molecule has 1 aromatic heterocycles. The summed E-state index contributed by atoms with van der Waals surface area (Å²) in [5, 5.41) is 0. The molecule has 0 aliphatic rings. The average Bonchev–Trinajstić information content (AvgIpc) is 2.28. The van der Waals surface area contributed by atoms with Crippen LogP contribution >= 0.6 is 0 Å². The monoisotopic (exact) mass is 270 g/mol. The topological polar surface area (TPSA) is 73.0 Å². The van der Waals surface area contributed by atoms with E-state index in [1.807, 2.05) is 26.0 Å². The van der Waals surface area contributed by atoms with Crippen LogP contribution in [0.3, 0.4) is 0 Å². The molecule has 0 spiro atoms. The molecule has 1 atom stereocenters. The lowest BCUT2D eigenvalue weighted by molar-refractivity contribution is 0.583. The Labute approximate surface area is 110 Å². The van der Waals surface area contributed by atoms with Crippen molar-refractivity contribution in [2.24, 2.45) is 5.73 Å². The van der Waals surface area contributed by atoms with Gasteiger partial charge >= 0.3 is 0 Å². The number of aryl methyl sites for hydroxylation is 2. The molecular formula is C13H22N2O2S. The van der Waals surface area contributed by atoms with E-state index in [2.05, 4.69) is 4.98 Å². The van der Waals surface area contributed by atoms with Crippen LogP contribution in [0.1, 0.15) is 42.8 Å². The third-order valence-corrected chi connectivity index (χ3v) is 4.87. The summed E-state index contributed by atoms with van der Waals surface area (Å²) in [5.74, 6) is 0.420. The van der Waals surface area contributed by atoms with Crippen LogP contribution in [0.15, 0.2) is 12.1 Å². The molecule has 18 heavy (non-hydrogen) atoms. The molecule has 0 aliphatic carbocycles. The molecular weight excluding hydrogens is 248 g/mol. The van der Waals surface area contributed by atoms with Crippen LogP contribution in [0.5, 0.6) is 0 Å². The smallest absolute Gasteiger partial charge is 0.150 e. The number of aromatic nitrogens is 1. The third kappa shape index (κ3) is 4.38. The molecule has 0 amide bonds. The summed E-state index contributed by atoms with van der Waals surface area (Å²) in [6.45, 7) is 5.55. The summed E-state index contributed by atoms with van der Waals surface area (Å²) < 4.78 is 22.8. The third-order valence-electron chi connectivity index (χ3n) is 3.08. The second-order valence-electron chi connectivity index (χ2n) is 4.61. The van der Waals surface area contributed by atoms with Crippen molar-refractivity contribution < 1.29 is 8.42 Å². The fraction of sp³-hybridized carbons (Fsp3) is 0.615. The number of nitrogens with zero attached hydrogens (tertiary/aromatic N) is 1. The van der Waals surface area contributed by atoms with Crippen LogP contribution in [0.4, 0.5) is 0 Å². The minimum absolute atomic E-state index is 0.134. The molecule has 4 nitrogen and oxygen atoms in total. The Morgan fingerprint density at radius 2 is 2.00 bits per heavy atom. The fourth-order valence-corrected chi connectivity index (χ4v) is 2.81. The van der Waals surface area contributed by atoms with Crippen LogP contribution in [-0.2, 0) is 9.84 Å². The number of hydrogen-bond acceptors (Lipinski definition) is 4. The molecule has 1 heterocycles.